The summed E-state index contributed by atoms with van der Waals surface area (Å²) in [7, 11) is 0. The summed E-state index contributed by atoms with van der Waals surface area (Å²) >= 11 is 0. The van der Waals surface area contributed by atoms with Gasteiger partial charge in [0.05, 0.1) is 33.1 Å². The standard InChI is InChI=1S/C50H30N2/c1-3-9-31(10-4-1)33-17-21-35(22-18-33)37-25-27-39-41-13-7-15-43-47(41)51(45(39)29-37)49-44-16-8-14-42-40-28-26-38(30-46(40)52(48(42)44)50(43)49)36-23-19-34(20-24-36)32-11-5-2-6-12-32/h1-30H. The molecule has 0 bridgehead atoms. The molecule has 2 heteroatoms. The third-order valence-electron chi connectivity index (χ3n) is 11.4. The van der Waals surface area contributed by atoms with Crippen molar-refractivity contribution < 1.29 is 0 Å². The van der Waals surface area contributed by atoms with Crippen molar-refractivity contribution in [2.75, 3.05) is 0 Å². The van der Waals surface area contributed by atoms with Gasteiger partial charge in [-0.15, -0.1) is 0 Å². The molecule has 0 unspecified atom stereocenters. The lowest BCUT2D eigenvalue weighted by Crippen LogP contribution is -1.84. The molecule has 52 heavy (non-hydrogen) atoms. The van der Waals surface area contributed by atoms with Crippen molar-refractivity contribution >= 4 is 65.4 Å². The van der Waals surface area contributed by atoms with E-state index in [4.69, 9.17) is 0 Å². The van der Waals surface area contributed by atoms with Gasteiger partial charge >= 0.3 is 0 Å². The third kappa shape index (κ3) is 3.73. The van der Waals surface area contributed by atoms with Gasteiger partial charge in [-0.25, -0.2) is 0 Å². The number of aromatic nitrogens is 2. The zero-order valence-electron chi connectivity index (χ0n) is 28.2. The molecule has 0 saturated heterocycles. The Kier molecular flexibility index (Phi) is 5.53. The summed E-state index contributed by atoms with van der Waals surface area (Å²) in [5.41, 5.74) is 17.5. The summed E-state index contributed by atoms with van der Waals surface area (Å²) in [4.78, 5) is 0. The highest BCUT2D eigenvalue weighted by atomic mass is 15.0. The molecule has 0 radical (unpaired) electrons. The Morgan fingerprint density at radius 2 is 0.538 bits per heavy atom. The van der Waals surface area contributed by atoms with Crippen molar-refractivity contribution in [1.29, 1.82) is 0 Å². The fourth-order valence-electron chi connectivity index (χ4n) is 9.02. The van der Waals surface area contributed by atoms with Gasteiger partial charge in [-0.3, -0.25) is 0 Å². The number of hydrogen-bond donors (Lipinski definition) is 0. The van der Waals surface area contributed by atoms with E-state index < -0.39 is 0 Å². The van der Waals surface area contributed by atoms with Crippen molar-refractivity contribution in [1.82, 2.24) is 8.80 Å². The Balaban J connectivity index is 1.09. The molecule has 240 valence electrons. The van der Waals surface area contributed by atoms with Gasteiger partial charge in [0.2, 0.25) is 0 Å². The molecule has 0 saturated carbocycles. The predicted molar refractivity (Wildman–Crippen MR) is 220 cm³/mol. The van der Waals surface area contributed by atoms with Gasteiger partial charge in [0, 0.05) is 32.3 Å². The fourth-order valence-corrected chi connectivity index (χ4v) is 9.02. The molecule has 12 rings (SSSR count). The topological polar surface area (TPSA) is 8.82 Å². The van der Waals surface area contributed by atoms with Gasteiger partial charge in [-0.1, -0.05) is 170 Å². The molecule has 0 aliphatic carbocycles. The summed E-state index contributed by atoms with van der Waals surface area (Å²) in [6.07, 6.45) is 0. The number of fused-ring (bicyclic) bond motifs is 11. The molecule has 0 spiro atoms. The van der Waals surface area contributed by atoms with Gasteiger partial charge in [-0.05, 0) is 56.6 Å². The maximum atomic E-state index is 2.55. The minimum atomic E-state index is 1.22. The molecule has 8 aromatic carbocycles. The van der Waals surface area contributed by atoms with Crippen LogP contribution in [0.2, 0.25) is 0 Å². The molecular formula is C50H30N2. The first-order valence-corrected chi connectivity index (χ1v) is 18.0. The Hall–Kier alpha value is -6.90. The lowest BCUT2D eigenvalue weighted by atomic mass is 9.99. The zero-order chi connectivity index (χ0) is 33.9. The third-order valence-corrected chi connectivity index (χ3v) is 11.4. The highest BCUT2D eigenvalue weighted by molar-refractivity contribution is 6.32. The fraction of sp³-hybridized carbons (Fsp3) is 0. The summed E-state index contributed by atoms with van der Waals surface area (Å²) in [6, 6.07) is 66.9. The maximum Gasteiger partial charge on any atom is 0.0804 e. The molecule has 0 N–H and O–H groups in total. The molecule has 4 aromatic heterocycles. The van der Waals surface area contributed by atoms with E-state index in [0.717, 1.165) is 0 Å². The Morgan fingerprint density at radius 3 is 0.942 bits per heavy atom. The van der Waals surface area contributed by atoms with E-state index in [2.05, 4.69) is 191 Å². The van der Waals surface area contributed by atoms with E-state index in [-0.39, 0.29) is 0 Å². The average molecular weight is 659 g/mol. The zero-order valence-corrected chi connectivity index (χ0v) is 28.2. The van der Waals surface area contributed by atoms with Gasteiger partial charge in [-0.2, -0.15) is 0 Å². The quantitative estimate of drug-likeness (QED) is 0.178. The van der Waals surface area contributed by atoms with Gasteiger partial charge < -0.3 is 8.80 Å². The van der Waals surface area contributed by atoms with Crippen molar-refractivity contribution in [3.8, 4) is 44.5 Å². The van der Waals surface area contributed by atoms with Crippen LogP contribution in [0, 0.1) is 0 Å². The number of benzene rings is 8. The van der Waals surface area contributed by atoms with Crippen LogP contribution in [0.4, 0.5) is 0 Å². The molecular weight excluding hydrogens is 629 g/mol. The van der Waals surface area contributed by atoms with Crippen LogP contribution >= 0.6 is 0 Å². The molecule has 2 nitrogen and oxygen atoms in total. The first kappa shape index (κ1) is 27.9. The SMILES string of the molecule is c1ccc(-c2ccc(-c3ccc4c5cccc6c5n(c4c3)c3c4cccc5c7ccc(-c8ccc(-c9ccccc9)cc8)cc7n(c54)c63)cc2)cc1. The molecule has 4 heterocycles. The number of nitrogens with zero attached hydrogens (tertiary/aromatic N) is 2. The normalized spacial score (nSPS) is 12.2. The van der Waals surface area contributed by atoms with Gasteiger partial charge in [0.15, 0.2) is 0 Å². The Bertz CT molecular complexity index is 3070. The number of hydrogen-bond acceptors (Lipinski definition) is 0. The summed E-state index contributed by atoms with van der Waals surface area (Å²) in [5.74, 6) is 0. The Labute approximate surface area is 299 Å². The summed E-state index contributed by atoms with van der Waals surface area (Å²) in [6.45, 7) is 0. The first-order valence-electron chi connectivity index (χ1n) is 18.0. The lowest BCUT2D eigenvalue weighted by Gasteiger charge is -2.07. The first-order chi connectivity index (χ1) is 25.8. The van der Waals surface area contributed by atoms with E-state index >= 15 is 0 Å². The van der Waals surface area contributed by atoms with Crippen molar-refractivity contribution in [2.45, 2.75) is 0 Å². The second-order valence-electron chi connectivity index (χ2n) is 14.1. The van der Waals surface area contributed by atoms with Crippen LogP contribution in [0.25, 0.3) is 110 Å². The smallest absolute Gasteiger partial charge is 0.0804 e. The number of rotatable bonds is 4. The summed E-state index contributed by atoms with van der Waals surface area (Å²) < 4.78 is 5.11. The van der Waals surface area contributed by atoms with Crippen LogP contribution in [0.1, 0.15) is 0 Å². The van der Waals surface area contributed by atoms with Crippen molar-refractivity contribution in [3.63, 3.8) is 0 Å². The van der Waals surface area contributed by atoms with E-state index in [0.29, 0.717) is 0 Å². The largest absolute Gasteiger partial charge is 0.306 e. The minimum Gasteiger partial charge on any atom is -0.306 e. The van der Waals surface area contributed by atoms with E-state index in [1.807, 2.05) is 0 Å². The van der Waals surface area contributed by atoms with E-state index in [1.54, 1.807) is 0 Å². The summed E-state index contributed by atoms with van der Waals surface area (Å²) in [5, 5.41) is 7.79. The molecule has 0 amide bonds. The van der Waals surface area contributed by atoms with Crippen LogP contribution in [-0.2, 0) is 0 Å². The van der Waals surface area contributed by atoms with Crippen molar-refractivity contribution in [2.24, 2.45) is 0 Å². The van der Waals surface area contributed by atoms with Crippen LogP contribution in [-0.4, -0.2) is 8.80 Å². The van der Waals surface area contributed by atoms with Gasteiger partial charge in [0.25, 0.3) is 0 Å². The second kappa shape index (κ2) is 10.3. The lowest BCUT2D eigenvalue weighted by molar-refractivity contribution is 1.37. The predicted octanol–water partition coefficient (Wildman–Crippen LogP) is 13.5. The van der Waals surface area contributed by atoms with E-state index in [1.165, 1.54) is 110 Å². The molecule has 0 aliphatic heterocycles. The highest BCUT2D eigenvalue weighted by Crippen LogP contribution is 2.47. The van der Waals surface area contributed by atoms with Gasteiger partial charge in [0.1, 0.15) is 0 Å². The molecule has 0 atom stereocenters. The molecule has 0 fully saturated rings. The highest BCUT2D eigenvalue weighted by Gasteiger charge is 2.26. The van der Waals surface area contributed by atoms with Crippen LogP contribution in [0.5, 0.6) is 0 Å². The minimum absolute atomic E-state index is 1.22. The van der Waals surface area contributed by atoms with Crippen LogP contribution in [0.3, 0.4) is 0 Å². The Morgan fingerprint density at radius 1 is 0.212 bits per heavy atom. The average Bonchev–Trinajstić information content (AvgIpc) is 3.94. The van der Waals surface area contributed by atoms with Crippen LogP contribution < -0.4 is 0 Å². The number of para-hydroxylation sites is 2. The monoisotopic (exact) mass is 658 g/mol. The van der Waals surface area contributed by atoms with Crippen molar-refractivity contribution in [3.05, 3.63) is 182 Å². The molecule has 12 aromatic rings. The second-order valence-corrected chi connectivity index (χ2v) is 14.1. The molecule has 0 aliphatic rings. The van der Waals surface area contributed by atoms with E-state index in [9.17, 15) is 0 Å². The maximum absolute atomic E-state index is 2.55. The van der Waals surface area contributed by atoms with Crippen LogP contribution in [0.15, 0.2) is 182 Å².